The van der Waals surface area contributed by atoms with Crippen LogP contribution in [0.3, 0.4) is 0 Å². The van der Waals surface area contributed by atoms with Crippen molar-refractivity contribution in [3.63, 3.8) is 0 Å². The van der Waals surface area contributed by atoms with Gasteiger partial charge in [0.2, 0.25) is 0 Å². The minimum Gasteiger partial charge on any atom is -0.383 e. The second kappa shape index (κ2) is 7.41. The van der Waals surface area contributed by atoms with Gasteiger partial charge in [-0.1, -0.05) is 0 Å². The second-order valence-corrected chi connectivity index (χ2v) is 4.53. The average Bonchev–Trinajstić information content (AvgIpc) is 2.35. The van der Waals surface area contributed by atoms with E-state index in [1.165, 1.54) is 0 Å². The fourth-order valence-electron chi connectivity index (χ4n) is 1.59. The number of aromatic nitrogens is 2. The molecule has 18 heavy (non-hydrogen) atoms. The molecule has 1 N–H and O–H groups in total. The summed E-state index contributed by atoms with van der Waals surface area (Å²) >= 11 is 0. The van der Waals surface area contributed by atoms with Crippen LogP contribution in [0, 0.1) is 0 Å². The highest BCUT2D eigenvalue weighted by Gasteiger charge is 2.23. The van der Waals surface area contributed by atoms with Gasteiger partial charge in [-0.15, -0.1) is 0 Å². The van der Waals surface area contributed by atoms with Crippen LogP contribution in [0.15, 0.2) is 12.4 Å². The third-order valence-corrected chi connectivity index (χ3v) is 2.56. The van der Waals surface area contributed by atoms with E-state index in [9.17, 15) is 0 Å². The molecule has 1 aromatic rings. The summed E-state index contributed by atoms with van der Waals surface area (Å²) in [5.74, 6) is 0.713. The van der Waals surface area contributed by atoms with E-state index in [0.29, 0.717) is 19.0 Å². The summed E-state index contributed by atoms with van der Waals surface area (Å²) in [6, 6.07) is 0. The van der Waals surface area contributed by atoms with Crippen LogP contribution in [0.1, 0.15) is 32.2 Å². The first kappa shape index (κ1) is 15.0. The van der Waals surface area contributed by atoms with Gasteiger partial charge in [0.25, 0.3) is 0 Å². The second-order valence-electron chi connectivity index (χ2n) is 4.53. The summed E-state index contributed by atoms with van der Waals surface area (Å²) in [6.07, 6.45) is 3.67. The number of hydrogen-bond donors (Lipinski definition) is 1. The Balaban J connectivity index is 2.52. The molecule has 0 bridgehead atoms. The lowest BCUT2D eigenvalue weighted by atomic mass is 10.1. The maximum absolute atomic E-state index is 5.61. The Hall–Kier alpha value is -1.04. The predicted octanol–water partition coefficient (Wildman–Crippen LogP) is 1.48. The van der Waals surface area contributed by atoms with Crippen molar-refractivity contribution in [1.29, 1.82) is 0 Å². The van der Waals surface area contributed by atoms with E-state index in [1.807, 2.05) is 33.2 Å². The Kier molecular flexibility index (Phi) is 6.18. The summed E-state index contributed by atoms with van der Waals surface area (Å²) in [4.78, 5) is 8.72. The summed E-state index contributed by atoms with van der Waals surface area (Å²) in [5.41, 5.74) is 0.624. The molecule has 5 nitrogen and oxygen atoms in total. The van der Waals surface area contributed by atoms with Crippen LogP contribution in [-0.4, -0.2) is 36.8 Å². The Bertz CT molecular complexity index is 339. The van der Waals surface area contributed by atoms with Gasteiger partial charge >= 0.3 is 0 Å². The maximum atomic E-state index is 5.61. The molecular formula is C13H23N3O2. The normalized spacial score (nSPS) is 11.8. The highest BCUT2D eigenvalue weighted by molar-refractivity contribution is 5.08. The minimum atomic E-state index is -0.434. The van der Waals surface area contributed by atoms with E-state index in [1.54, 1.807) is 7.11 Å². The molecule has 0 saturated carbocycles. The molecule has 0 aliphatic heterocycles. The molecule has 0 saturated heterocycles. The molecule has 1 heterocycles. The first-order valence-electron chi connectivity index (χ1n) is 6.25. The van der Waals surface area contributed by atoms with Crippen LogP contribution in [0.2, 0.25) is 0 Å². The number of rotatable bonds is 8. The van der Waals surface area contributed by atoms with Crippen LogP contribution in [-0.2, 0) is 21.6 Å². The van der Waals surface area contributed by atoms with E-state index >= 15 is 0 Å². The summed E-state index contributed by atoms with van der Waals surface area (Å²) in [5, 5.41) is 3.25. The van der Waals surface area contributed by atoms with E-state index in [2.05, 4.69) is 15.3 Å². The molecule has 102 valence electrons. The van der Waals surface area contributed by atoms with Crippen molar-refractivity contribution in [2.45, 2.75) is 32.9 Å². The predicted molar refractivity (Wildman–Crippen MR) is 70.3 cm³/mol. The van der Waals surface area contributed by atoms with Gasteiger partial charge < -0.3 is 14.8 Å². The number of methoxy groups -OCH3 is 1. The largest absolute Gasteiger partial charge is 0.383 e. The van der Waals surface area contributed by atoms with E-state index in [4.69, 9.17) is 9.47 Å². The molecule has 0 amide bonds. The fraction of sp³-hybridized carbons (Fsp3) is 0.692. The molecule has 0 atom stereocenters. The summed E-state index contributed by atoms with van der Waals surface area (Å²) in [7, 11) is 1.69. The Labute approximate surface area is 109 Å². The molecule has 0 unspecified atom stereocenters. The van der Waals surface area contributed by atoms with Crippen molar-refractivity contribution < 1.29 is 9.47 Å². The zero-order valence-corrected chi connectivity index (χ0v) is 11.7. The van der Waals surface area contributed by atoms with Crippen LogP contribution < -0.4 is 5.32 Å². The van der Waals surface area contributed by atoms with Crippen LogP contribution in [0.25, 0.3) is 0 Å². The number of nitrogens with one attached hydrogen (secondary N) is 1. The molecule has 0 aromatic carbocycles. The van der Waals surface area contributed by atoms with Gasteiger partial charge in [0, 0.05) is 44.8 Å². The lowest BCUT2D eigenvalue weighted by Gasteiger charge is -2.22. The van der Waals surface area contributed by atoms with Crippen molar-refractivity contribution in [2.24, 2.45) is 0 Å². The molecule has 0 radical (unpaired) electrons. The van der Waals surface area contributed by atoms with Crippen LogP contribution in [0.5, 0.6) is 0 Å². The molecule has 0 fully saturated rings. The number of nitrogens with zero attached hydrogens (tertiary/aromatic N) is 2. The van der Waals surface area contributed by atoms with Crippen LogP contribution in [0.4, 0.5) is 0 Å². The quantitative estimate of drug-likeness (QED) is 0.711. The van der Waals surface area contributed by atoms with E-state index in [-0.39, 0.29) is 0 Å². The van der Waals surface area contributed by atoms with Crippen molar-refractivity contribution in [3.8, 4) is 0 Å². The zero-order chi connectivity index (χ0) is 13.4. The summed E-state index contributed by atoms with van der Waals surface area (Å²) in [6.45, 7) is 8.84. The van der Waals surface area contributed by atoms with Crippen molar-refractivity contribution in [3.05, 3.63) is 23.8 Å². The Morgan fingerprint density at radius 3 is 2.50 bits per heavy atom. The van der Waals surface area contributed by atoms with Crippen LogP contribution >= 0.6 is 0 Å². The van der Waals surface area contributed by atoms with Gasteiger partial charge in [-0.25, -0.2) is 9.97 Å². The highest BCUT2D eigenvalue weighted by atomic mass is 16.5. The van der Waals surface area contributed by atoms with Crippen molar-refractivity contribution >= 4 is 0 Å². The molecule has 1 rings (SSSR count). The lowest BCUT2D eigenvalue weighted by Crippen LogP contribution is -2.25. The molecule has 5 heteroatoms. The van der Waals surface area contributed by atoms with Gasteiger partial charge in [0.1, 0.15) is 5.60 Å². The first-order chi connectivity index (χ1) is 8.60. The first-order valence-corrected chi connectivity index (χ1v) is 6.25. The van der Waals surface area contributed by atoms with E-state index in [0.717, 1.165) is 18.7 Å². The monoisotopic (exact) mass is 253 g/mol. The smallest absolute Gasteiger partial charge is 0.159 e. The zero-order valence-electron chi connectivity index (χ0n) is 11.7. The standard InChI is InChI=1S/C13H23N3O2/c1-5-18-13(2,3)12-15-9-11(10-16-12)8-14-6-7-17-4/h9-10,14H,5-8H2,1-4H3. The van der Waals surface area contributed by atoms with Gasteiger partial charge in [-0.2, -0.15) is 0 Å². The third kappa shape index (κ3) is 4.68. The number of hydrogen-bond acceptors (Lipinski definition) is 5. The van der Waals surface area contributed by atoms with Gasteiger partial charge in [0.05, 0.1) is 6.61 Å². The summed E-state index contributed by atoms with van der Waals surface area (Å²) < 4.78 is 10.6. The third-order valence-electron chi connectivity index (χ3n) is 2.56. The SMILES string of the molecule is CCOC(C)(C)c1ncc(CNCCOC)cn1. The van der Waals surface area contributed by atoms with Crippen molar-refractivity contribution in [2.75, 3.05) is 26.9 Å². The fourth-order valence-corrected chi connectivity index (χ4v) is 1.59. The average molecular weight is 253 g/mol. The van der Waals surface area contributed by atoms with Gasteiger partial charge in [0.15, 0.2) is 5.82 Å². The molecule has 0 spiro atoms. The van der Waals surface area contributed by atoms with Crippen molar-refractivity contribution in [1.82, 2.24) is 15.3 Å². The Morgan fingerprint density at radius 2 is 1.94 bits per heavy atom. The molecule has 0 aliphatic rings. The maximum Gasteiger partial charge on any atom is 0.159 e. The molecule has 1 aromatic heterocycles. The van der Waals surface area contributed by atoms with Gasteiger partial charge in [-0.3, -0.25) is 0 Å². The molecular weight excluding hydrogens is 230 g/mol. The molecule has 0 aliphatic carbocycles. The Morgan fingerprint density at radius 1 is 1.28 bits per heavy atom. The van der Waals surface area contributed by atoms with Gasteiger partial charge in [-0.05, 0) is 20.8 Å². The highest BCUT2D eigenvalue weighted by Crippen LogP contribution is 2.20. The number of ether oxygens (including phenoxy) is 2. The topological polar surface area (TPSA) is 56.3 Å². The minimum absolute atomic E-state index is 0.434. The van der Waals surface area contributed by atoms with E-state index < -0.39 is 5.60 Å². The lowest BCUT2D eigenvalue weighted by molar-refractivity contribution is -0.0208.